The first kappa shape index (κ1) is 15.2. The van der Waals surface area contributed by atoms with Crippen LogP contribution in [-0.4, -0.2) is 16.5 Å². The standard InChI is InChI=1S/C14H18N4O2S/c1-3-7-15-13-5-4-11(18(19)20)14(17-13)16-9-12-10(2)6-8-21-12/h4-6,8H,3,7,9H2,1-2H3,(H2,15,16,17). The highest BCUT2D eigenvalue weighted by Gasteiger charge is 2.16. The summed E-state index contributed by atoms with van der Waals surface area (Å²) in [6, 6.07) is 5.15. The predicted octanol–water partition coefficient (Wildman–Crippen LogP) is 3.79. The molecule has 0 amide bonds. The molecule has 2 heterocycles. The molecule has 0 saturated carbocycles. The van der Waals surface area contributed by atoms with Gasteiger partial charge in [-0.1, -0.05) is 6.92 Å². The van der Waals surface area contributed by atoms with Gasteiger partial charge in [0.15, 0.2) is 0 Å². The van der Waals surface area contributed by atoms with Crippen molar-refractivity contribution in [1.29, 1.82) is 0 Å². The van der Waals surface area contributed by atoms with Crippen molar-refractivity contribution in [2.24, 2.45) is 0 Å². The van der Waals surface area contributed by atoms with Crippen LogP contribution in [0.1, 0.15) is 23.8 Å². The molecule has 0 spiro atoms. The summed E-state index contributed by atoms with van der Waals surface area (Å²) in [7, 11) is 0. The lowest BCUT2D eigenvalue weighted by Crippen LogP contribution is -2.08. The van der Waals surface area contributed by atoms with E-state index in [0.717, 1.165) is 17.8 Å². The van der Waals surface area contributed by atoms with Crippen LogP contribution in [-0.2, 0) is 6.54 Å². The van der Waals surface area contributed by atoms with Crippen molar-refractivity contribution >= 4 is 28.7 Å². The van der Waals surface area contributed by atoms with E-state index in [-0.39, 0.29) is 5.69 Å². The number of aryl methyl sites for hydroxylation is 1. The Morgan fingerprint density at radius 1 is 1.33 bits per heavy atom. The van der Waals surface area contributed by atoms with E-state index >= 15 is 0 Å². The zero-order valence-electron chi connectivity index (χ0n) is 12.0. The second kappa shape index (κ2) is 7.03. The normalized spacial score (nSPS) is 10.4. The minimum atomic E-state index is -0.416. The van der Waals surface area contributed by atoms with E-state index in [0.29, 0.717) is 18.2 Å². The lowest BCUT2D eigenvalue weighted by atomic mass is 10.3. The second-order valence-corrected chi connectivity index (χ2v) is 5.63. The van der Waals surface area contributed by atoms with E-state index in [4.69, 9.17) is 0 Å². The lowest BCUT2D eigenvalue weighted by Gasteiger charge is -2.09. The Morgan fingerprint density at radius 2 is 2.14 bits per heavy atom. The number of thiophene rings is 1. The van der Waals surface area contributed by atoms with Crippen molar-refractivity contribution in [1.82, 2.24) is 4.98 Å². The third kappa shape index (κ3) is 3.91. The molecule has 0 saturated heterocycles. The first-order valence-electron chi connectivity index (χ1n) is 6.78. The molecule has 2 aromatic heterocycles. The van der Waals surface area contributed by atoms with Crippen LogP contribution in [0.4, 0.5) is 17.3 Å². The molecule has 2 rings (SSSR count). The smallest absolute Gasteiger partial charge is 0.311 e. The summed E-state index contributed by atoms with van der Waals surface area (Å²) in [4.78, 5) is 16.1. The van der Waals surface area contributed by atoms with Crippen molar-refractivity contribution in [3.05, 3.63) is 44.1 Å². The summed E-state index contributed by atoms with van der Waals surface area (Å²) < 4.78 is 0. The second-order valence-electron chi connectivity index (χ2n) is 4.63. The molecule has 0 aliphatic rings. The topological polar surface area (TPSA) is 80.1 Å². The highest BCUT2D eigenvalue weighted by Crippen LogP contribution is 2.25. The molecule has 6 nitrogen and oxygen atoms in total. The average molecular weight is 306 g/mol. The van der Waals surface area contributed by atoms with E-state index in [1.165, 1.54) is 11.6 Å². The lowest BCUT2D eigenvalue weighted by molar-refractivity contribution is -0.384. The summed E-state index contributed by atoms with van der Waals surface area (Å²) in [5.74, 6) is 0.946. The fourth-order valence-electron chi connectivity index (χ4n) is 1.83. The van der Waals surface area contributed by atoms with Crippen molar-refractivity contribution in [2.75, 3.05) is 17.2 Å². The molecule has 7 heteroatoms. The molecule has 112 valence electrons. The minimum Gasteiger partial charge on any atom is -0.370 e. The van der Waals surface area contributed by atoms with Crippen LogP contribution in [0.3, 0.4) is 0 Å². The zero-order valence-corrected chi connectivity index (χ0v) is 12.9. The van der Waals surface area contributed by atoms with E-state index in [2.05, 4.69) is 22.5 Å². The van der Waals surface area contributed by atoms with E-state index in [1.54, 1.807) is 17.4 Å². The quantitative estimate of drug-likeness (QED) is 0.601. The Kier molecular flexibility index (Phi) is 5.10. The maximum Gasteiger partial charge on any atom is 0.311 e. The molecule has 0 aromatic carbocycles. The van der Waals surface area contributed by atoms with E-state index in [9.17, 15) is 10.1 Å². The van der Waals surface area contributed by atoms with Gasteiger partial charge in [-0.25, -0.2) is 4.98 Å². The highest BCUT2D eigenvalue weighted by atomic mass is 32.1. The molecule has 2 aromatic rings. The van der Waals surface area contributed by atoms with Gasteiger partial charge in [0.2, 0.25) is 5.82 Å². The van der Waals surface area contributed by atoms with Gasteiger partial charge in [0.25, 0.3) is 0 Å². The monoisotopic (exact) mass is 306 g/mol. The summed E-state index contributed by atoms with van der Waals surface area (Å²) in [6.07, 6.45) is 0.968. The summed E-state index contributed by atoms with van der Waals surface area (Å²) in [6.45, 7) is 5.40. The van der Waals surface area contributed by atoms with Gasteiger partial charge < -0.3 is 10.6 Å². The molecular weight excluding hydrogens is 288 g/mol. The predicted molar refractivity (Wildman–Crippen MR) is 86.1 cm³/mol. The third-order valence-electron chi connectivity index (χ3n) is 3.01. The summed E-state index contributed by atoms with van der Waals surface area (Å²) in [5, 5.41) is 19.3. The van der Waals surface area contributed by atoms with Gasteiger partial charge in [-0.15, -0.1) is 11.3 Å². The van der Waals surface area contributed by atoms with Crippen molar-refractivity contribution in [3.8, 4) is 0 Å². The number of pyridine rings is 1. The fraction of sp³-hybridized carbons (Fsp3) is 0.357. The van der Waals surface area contributed by atoms with E-state index in [1.807, 2.05) is 18.4 Å². The number of nitrogens with zero attached hydrogens (tertiary/aromatic N) is 2. The molecule has 0 aliphatic carbocycles. The van der Waals surface area contributed by atoms with Crippen LogP contribution in [0.25, 0.3) is 0 Å². The largest absolute Gasteiger partial charge is 0.370 e. The molecule has 0 fully saturated rings. The number of anilines is 2. The van der Waals surface area contributed by atoms with Gasteiger partial charge in [-0.05, 0) is 36.4 Å². The summed E-state index contributed by atoms with van der Waals surface area (Å²) in [5.41, 5.74) is 1.17. The van der Waals surface area contributed by atoms with Gasteiger partial charge in [0, 0.05) is 17.5 Å². The zero-order chi connectivity index (χ0) is 15.2. The first-order valence-corrected chi connectivity index (χ1v) is 7.66. The maximum atomic E-state index is 11.1. The van der Waals surface area contributed by atoms with Crippen LogP contribution < -0.4 is 10.6 Å². The Labute approximate surface area is 127 Å². The average Bonchev–Trinajstić information content (AvgIpc) is 2.88. The number of hydrogen-bond donors (Lipinski definition) is 2. The Hall–Kier alpha value is -2.15. The number of aromatic nitrogens is 1. The van der Waals surface area contributed by atoms with Gasteiger partial charge in [-0.2, -0.15) is 0 Å². The molecule has 21 heavy (non-hydrogen) atoms. The highest BCUT2D eigenvalue weighted by molar-refractivity contribution is 7.10. The molecule has 0 bridgehead atoms. The Bertz CT molecular complexity index is 627. The number of nitrogens with one attached hydrogen (secondary N) is 2. The SMILES string of the molecule is CCCNc1ccc([N+](=O)[O-])c(NCc2sccc2C)n1. The fourth-order valence-corrected chi connectivity index (χ4v) is 2.68. The van der Waals surface area contributed by atoms with Crippen LogP contribution in [0.15, 0.2) is 23.6 Å². The number of hydrogen-bond acceptors (Lipinski definition) is 6. The van der Waals surface area contributed by atoms with Gasteiger partial charge >= 0.3 is 5.69 Å². The third-order valence-corrected chi connectivity index (χ3v) is 4.03. The maximum absolute atomic E-state index is 11.1. The molecule has 0 unspecified atom stereocenters. The van der Waals surface area contributed by atoms with Gasteiger partial charge in [-0.3, -0.25) is 10.1 Å². The molecule has 0 aliphatic heterocycles. The first-order chi connectivity index (χ1) is 10.1. The van der Waals surface area contributed by atoms with E-state index < -0.39 is 4.92 Å². The molecule has 0 atom stereocenters. The van der Waals surface area contributed by atoms with Crippen LogP contribution in [0.5, 0.6) is 0 Å². The van der Waals surface area contributed by atoms with Crippen molar-refractivity contribution in [3.63, 3.8) is 0 Å². The Morgan fingerprint density at radius 3 is 2.76 bits per heavy atom. The number of rotatable bonds is 7. The van der Waals surface area contributed by atoms with Gasteiger partial charge in [0.1, 0.15) is 5.82 Å². The molecular formula is C14H18N4O2S. The Balaban J connectivity index is 2.17. The molecule has 2 N–H and O–H groups in total. The van der Waals surface area contributed by atoms with Crippen molar-refractivity contribution < 1.29 is 4.92 Å². The van der Waals surface area contributed by atoms with Gasteiger partial charge in [0.05, 0.1) is 11.5 Å². The summed E-state index contributed by atoms with van der Waals surface area (Å²) >= 11 is 1.63. The van der Waals surface area contributed by atoms with Crippen LogP contribution >= 0.6 is 11.3 Å². The van der Waals surface area contributed by atoms with Crippen LogP contribution in [0, 0.1) is 17.0 Å². The number of nitro groups is 1. The van der Waals surface area contributed by atoms with Crippen molar-refractivity contribution in [2.45, 2.75) is 26.8 Å². The van der Waals surface area contributed by atoms with Crippen LogP contribution in [0.2, 0.25) is 0 Å². The molecule has 0 radical (unpaired) electrons. The minimum absolute atomic E-state index is 0.00809.